The number of benzene rings is 1. The van der Waals surface area contributed by atoms with E-state index < -0.39 is 0 Å². The Hall–Kier alpha value is -2.20. The van der Waals surface area contributed by atoms with E-state index in [-0.39, 0.29) is 17.9 Å². The van der Waals surface area contributed by atoms with Gasteiger partial charge in [0.25, 0.3) is 0 Å². The molecule has 0 spiro atoms. The summed E-state index contributed by atoms with van der Waals surface area (Å²) in [7, 11) is 0. The Bertz CT molecular complexity index is 805. The fourth-order valence-electron chi connectivity index (χ4n) is 3.35. The van der Waals surface area contributed by atoms with Gasteiger partial charge in [-0.15, -0.1) is 11.3 Å². The van der Waals surface area contributed by atoms with Crippen LogP contribution in [0.2, 0.25) is 0 Å². The highest BCUT2D eigenvalue weighted by molar-refractivity contribution is 7.17. The Morgan fingerprint density at radius 2 is 2.00 bits per heavy atom. The summed E-state index contributed by atoms with van der Waals surface area (Å²) in [6.07, 6.45) is 4.62. The van der Waals surface area contributed by atoms with E-state index >= 15 is 0 Å². The van der Waals surface area contributed by atoms with Gasteiger partial charge >= 0.3 is 0 Å². The molecule has 130 valence electrons. The third kappa shape index (κ3) is 3.59. The average molecular weight is 353 g/mol. The van der Waals surface area contributed by atoms with Crippen LogP contribution < -0.4 is 4.90 Å². The number of hydrogen-bond donors (Lipinski definition) is 0. The van der Waals surface area contributed by atoms with Crippen molar-refractivity contribution in [2.45, 2.75) is 39.7 Å². The maximum atomic E-state index is 13.1. The van der Waals surface area contributed by atoms with Crippen LogP contribution in [0.4, 0.5) is 5.69 Å². The SMILES string of the molecule is CC1=CCC(C(=O)N(c2cc(-c3ccccc3)sc2C=O)C(C)C)C1. The van der Waals surface area contributed by atoms with Crippen molar-refractivity contribution >= 4 is 29.2 Å². The standard InChI is InChI=1S/C21H23NO2S/c1-14(2)22(21(24)17-10-9-15(3)11-17)18-12-19(25-20(18)13-23)16-7-5-4-6-8-16/h4-9,12-14,17H,10-11H2,1-3H3. The molecule has 0 saturated carbocycles. The average Bonchev–Trinajstić information content (AvgIpc) is 3.22. The van der Waals surface area contributed by atoms with Crippen LogP contribution in [0.1, 0.15) is 43.3 Å². The Morgan fingerprint density at radius 1 is 1.28 bits per heavy atom. The summed E-state index contributed by atoms with van der Waals surface area (Å²) in [4.78, 5) is 28.2. The van der Waals surface area contributed by atoms with Crippen LogP contribution in [0.5, 0.6) is 0 Å². The van der Waals surface area contributed by atoms with E-state index in [1.54, 1.807) is 0 Å². The first-order valence-electron chi connectivity index (χ1n) is 8.64. The Balaban J connectivity index is 1.98. The van der Waals surface area contributed by atoms with Crippen molar-refractivity contribution in [1.82, 2.24) is 0 Å². The Labute approximate surface area is 153 Å². The topological polar surface area (TPSA) is 37.4 Å². The van der Waals surface area contributed by atoms with Crippen molar-refractivity contribution in [2.24, 2.45) is 5.92 Å². The lowest BCUT2D eigenvalue weighted by Crippen LogP contribution is -2.41. The van der Waals surface area contributed by atoms with Gasteiger partial charge in [-0.1, -0.05) is 42.0 Å². The van der Waals surface area contributed by atoms with Crippen LogP contribution in [0.25, 0.3) is 10.4 Å². The predicted molar refractivity (Wildman–Crippen MR) is 104 cm³/mol. The van der Waals surface area contributed by atoms with Crippen molar-refractivity contribution < 1.29 is 9.59 Å². The molecule has 1 unspecified atom stereocenters. The van der Waals surface area contributed by atoms with Gasteiger partial charge in [0, 0.05) is 16.8 Å². The number of carbonyl (C=O) groups is 2. The van der Waals surface area contributed by atoms with Gasteiger partial charge < -0.3 is 4.90 Å². The monoisotopic (exact) mass is 353 g/mol. The Kier molecular flexibility index (Phi) is 5.19. The summed E-state index contributed by atoms with van der Waals surface area (Å²) in [5.41, 5.74) is 3.08. The minimum absolute atomic E-state index is 0.00493. The summed E-state index contributed by atoms with van der Waals surface area (Å²) < 4.78 is 0. The fraction of sp³-hybridized carbons (Fsp3) is 0.333. The molecule has 0 bridgehead atoms. The number of rotatable bonds is 5. The van der Waals surface area contributed by atoms with Crippen LogP contribution in [-0.4, -0.2) is 18.2 Å². The predicted octanol–water partition coefficient (Wildman–Crippen LogP) is 5.33. The fourth-order valence-corrected chi connectivity index (χ4v) is 4.32. The van der Waals surface area contributed by atoms with Crippen LogP contribution in [0, 0.1) is 5.92 Å². The molecule has 0 aliphatic heterocycles. The van der Waals surface area contributed by atoms with E-state index in [2.05, 4.69) is 13.0 Å². The second-order valence-electron chi connectivity index (χ2n) is 6.83. The molecule has 1 atom stereocenters. The van der Waals surface area contributed by atoms with Gasteiger partial charge in [-0.3, -0.25) is 9.59 Å². The first-order valence-corrected chi connectivity index (χ1v) is 9.46. The minimum Gasteiger partial charge on any atom is -0.308 e. The smallest absolute Gasteiger partial charge is 0.231 e. The zero-order chi connectivity index (χ0) is 18.0. The molecule has 0 radical (unpaired) electrons. The highest BCUT2D eigenvalue weighted by Gasteiger charge is 2.31. The lowest BCUT2D eigenvalue weighted by atomic mass is 10.0. The van der Waals surface area contributed by atoms with Gasteiger partial charge in [-0.25, -0.2) is 0 Å². The molecule has 0 fully saturated rings. The van der Waals surface area contributed by atoms with E-state index in [1.807, 2.05) is 55.1 Å². The number of amides is 1. The van der Waals surface area contributed by atoms with Gasteiger partial charge in [-0.2, -0.15) is 0 Å². The van der Waals surface area contributed by atoms with Crippen LogP contribution in [-0.2, 0) is 4.79 Å². The minimum atomic E-state index is -0.0121. The molecule has 1 aromatic heterocycles. The van der Waals surface area contributed by atoms with Gasteiger partial charge in [-0.05, 0) is 45.2 Å². The molecule has 1 amide bonds. The summed E-state index contributed by atoms with van der Waals surface area (Å²) >= 11 is 1.44. The number of aldehydes is 1. The van der Waals surface area contributed by atoms with Crippen molar-refractivity contribution in [3.05, 3.63) is 52.9 Å². The lowest BCUT2D eigenvalue weighted by Gasteiger charge is -2.29. The van der Waals surface area contributed by atoms with Gasteiger partial charge in [0.2, 0.25) is 5.91 Å². The van der Waals surface area contributed by atoms with Crippen LogP contribution >= 0.6 is 11.3 Å². The maximum absolute atomic E-state index is 13.1. The molecular weight excluding hydrogens is 330 g/mol. The summed E-state index contributed by atoms with van der Waals surface area (Å²) in [5, 5.41) is 0. The van der Waals surface area contributed by atoms with Gasteiger partial charge in [0.1, 0.15) is 0 Å². The van der Waals surface area contributed by atoms with Crippen LogP contribution in [0.15, 0.2) is 48.0 Å². The third-order valence-corrected chi connectivity index (χ3v) is 5.69. The number of thiophene rings is 1. The molecule has 3 rings (SSSR count). The number of carbonyl (C=O) groups excluding carboxylic acids is 2. The van der Waals surface area contributed by atoms with E-state index in [4.69, 9.17) is 0 Å². The van der Waals surface area contributed by atoms with Crippen molar-refractivity contribution in [3.8, 4) is 10.4 Å². The molecule has 2 aromatic rings. The maximum Gasteiger partial charge on any atom is 0.231 e. The number of anilines is 1. The quantitative estimate of drug-likeness (QED) is 0.538. The normalized spacial score (nSPS) is 16.8. The lowest BCUT2D eigenvalue weighted by molar-refractivity contribution is -0.122. The summed E-state index contributed by atoms with van der Waals surface area (Å²) in [6, 6.07) is 12.0. The van der Waals surface area contributed by atoms with E-state index in [1.165, 1.54) is 16.9 Å². The van der Waals surface area contributed by atoms with E-state index in [0.717, 1.165) is 35.3 Å². The number of nitrogens with zero attached hydrogens (tertiary/aromatic N) is 1. The molecule has 1 aliphatic carbocycles. The second kappa shape index (κ2) is 7.36. The molecule has 0 saturated heterocycles. The van der Waals surface area contributed by atoms with E-state index in [0.29, 0.717) is 4.88 Å². The van der Waals surface area contributed by atoms with Gasteiger partial charge in [0.15, 0.2) is 6.29 Å². The zero-order valence-electron chi connectivity index (χ0n) is 14.9. The molecule has 1 heterocycles. The third-order valence-electron chi connectivity index (χ3n) is 4.59. The molecule has 4 heteroatoms. The highest BCUT2D eigenvalue weighted by atomic mass is 32.1. The second-order valence-corrected chi connectivity index (χ2v) is 7.92. The molecule has 1 aliphatic rings. The van der Waals surface area contributed by atoms with Gasteiger partial charge in [0.05, 0.1) is 10.6 Å². The summed E-state index contributed by atoms with van der Waals surface area (Å²) in [5.74, 6) is 0.102. The molecule has 25 heavy (non-hydrogen) atoms. The summed E-state index contributed by atoms with van der Waals surface area (Å²) in [6.45, 7) is 6.07. The molecule has 3 nitrogen and oxygen atoms in total. The van der Waals surface area contributed by atoms with Crippen molar-refractivity contribution in [3.63, 3.8) is 0 Å². The highest BCUT2D eigenvalue weighted by Crippen LogP contribution is 2.38. The number of hydrogen-bond acceptors (Lipinski definition) is 3. The van der Waals surface area contributed by atoms with E-state index in [9.17, 15) is 9.59 Å². The molecule has 1 aromatic carbocycles. The van der Waals surface area contributed by atoms with Crippen molar-refractivity contribution in [2.75, 3.05) is 4.90 Å². The molecular formula is C21H23NO2S. The van der Waals surface area contributed by atoms with Crippen molar-refractivity contribution in [1.29, 1.82) is 0 Å². The first kappa shape index (κ1) is 17.6. The van der Waals surface area contributed by atoms with Crippen LogP contribution in [0.3, 0.4) is 0 Å². The largest absolute Gasteiger partial charge is 0.308 e. The number of allylic oxidation sites excluding steroid dienone is 2. The zero-order valence-corrected chi connectivity index (χ0v) is 15.7. The molecule has 0 N–H and O–H groups in total. The Morgan fingerprint density at radius 3 is 2.56 bits per heavy atom. The first-order chi connectivity index (χ1) is 12.0.